The van der Waals surface area contributed by atoms with Gasteiger partial charge in [0.2, 0.25) is 5.91 Å². The molecule has 3 rings (SSSR count). The van der Waals surface area contributed by atoms with Crippen molar-refractivity contribution in [2.75, 3.05) is 6.54 Å². The van der Waals surface area contributed by atoms with Gasteiger partial charge in [0.1, 0.15) is 0 Å². The van der Waals surface area contributed by atoms with Crippen molar-refractivity contribution in [1.82, 2.24) is 5.32 Å². The molecule has 0 aliphatic heterocycles. The fourth-order valence-corrected chi connectivity index (χ4v) is 3.20. The summed E-state index contributed by atoms with van der Waals surface area (Å²) in [5.74, 6) is 0.972. The van der Waals surface area contributed by atoms with Crippen LogP contribution in [0, 0.1) is 11.3 Å². The largest absolute Gasteiger partial charge is 0.355 e. The second kappa shape index (κ2) is 5.20. The van der Waals surface area contributed by atoms with Crippen LogP contribution in [0.2, 0.25) is 0 Å². The normalized spacial score (nSPS) is 21.7. The molecule has 1 N–H and O–H groups in total. The number of benzene rings is 1. The molecule has 2 aliphatic carbocycles. The Hall–Kier alpha value is -0.960. The van der Waals surface area contributed by atoms with Gasteiger partial charge in [0.15, 0.2) is 0 Å². The van der Waals surface area contributed by atoms with Crippen LogP contribution in [0.15, 0.2) is 30.3 Å². The Bertz CT molecular complexity index is 451. The summed E-state index contributed by atoms with van der Waals surface area (Å²) in [7, 11) is 0. The van der Waals surface area contributed by atoms with Crippen molar-refractivity contribution < 1.29 is 4.79 Å². The Kier molecular flexibility index (Phi) is 3.57. The Morgan fingerprint density at radius 2 is 2.00 bits per heavy atom. The molecule has 0 heterocycles. The highest BCUT2D eigenvalue weighted by Gasteiger charge is 2.53. The molecule has 2 saturated carbocycles. The molecular formula is C16H21NOS. The number of thiol groups is 1. The van der Waals surface area contributed by atoms with Gasteiger partial charge in [-0.25, -0.2) is 0 Å². The van der Waals surface area contributed by atoms with Crippen LogP contribution in [0.5, 0.6) is 0 Å². The van der Waals surface area contributed by atoms with Gasteiger partial charge in [-0.1, -0.05) is 30.3 Å². The van der Waals surface area contributed by atoms with E-state index in [1.165, 1.54) is 31.2 Å². The lowest BCUT2D eigenvalue weighted by atomic mass is 10.0. The molecule has 3 heteroatoms. The first-order valence-corrected chi connectivity index (χ1v) is 7.71. The van der Waals surface area contributed by atoms with Crippen LogP contribution in [0.25, 0.3) is 0 Å². The van der Waals surface area contributed by atoms with Gasteiger partial charge in [-0.05, 0) is 49.0 Å². The van der Waals surface area contributed by atoms with Crippen molar-refractivity contribution in [3.05, 3.63) is 35.9 Å². The predicted molar refractivity (Wildman–Crippen MR) is 80.3 cm³/mol. The third kappa shape index (κ3) is 3.14. The number of hydrogen-bond donors (Lipinski definition) is 2. The smallest absolute Gasteiger partial charge is 0.233 e. The van der Waals surface area contributed by atoms with E-state index in [0.717, 1.165) is 12.5 Å². The van der Waals surface area contributed by atoms with E-state index in [4.69, 9.17) is 0 Å². The lowest BCUT2D eigenvalue weighted by Crippen LogP contribution is -2.37. The summed E-state index contributed by atoms with van der Waals surface area (Å²) in [4.78, 5) is 12.1. The first-order chi connectivity index (χ1) is 9.20. The molecule has 2 fully saturated rings. The summed E-state index contributed by atoms with van der Waals surface area (Å²) in [6, 6.07) is 10.1. The SMILES string of the molecule is O=C(NCC1(C2CC2)CC1)C(S)Cc1ccccc1. The average Bonchev–Trinajstić information content (AvgIpc) is 3.29. The molecule has 2 nitrogen and oxygen atoms in total. The Morgan fingerprint density at radius 3 is 2.58 bits per heavy atom. The maximum atomic E-state index is 12.1. The summed E-state index contributed by atoms with van der Waals surface area (Å²) in [6.07, 6.45) is 6.03. The number of carbonyl (C=O) groups is 1. The standard InChI is InChI=1S/C16H21NOS/c18-15(14(19)10-12-4-2-1-3-5-12)17-11-16(8-9-16)13-6-7-13/h1-5,13-14,19H,6-11H2,(H,17,18). The molecule has 1 atom stereocenters. The predicted octanol–water partition coefficient (Wildman–Crippen LogP) is 2.83. The zero-order valence-electron chi connectivity index (χ0n) is 11.1. The molecule has 0 radical (unpaired) electrons. The van der Waals surface area contributed by atoms with Crippen molar-refractivity contribution in [2.24, 2.45) is 11.3 Å². The average molecular weight is 275 g/mol. The Balaban J connectivity index is 1.47. The Labute approximate surface area is 120 Å². The maximum absolute atomic E-state index is 12.1. The number of amides is 1. The molecule has 1 aromatic rings. The molecule has 2 aliphatic rings. The first kappa shape index (κ1) is 13.0. The zero-order chi connectivity index (χ0) is 13.3. The minimum atomic E-state index is -0.239. The topological polar surface area (TPSA) is 29.1 Å². The van der Waals surface area contributed by atoms with Crippen LogP contribution in [0.3, 0.4) is 0 Å². The lowest BCUT2D eigenvalue weighted by Gasteiger charge is -2.17. The third-order valence-electron chi connectivity index (χ3n) is 4.52. The van der Waals surface area contributed by atoms with Crippen molar-refractivity contribution in [1.29, 1.82) is 0 Å². The molecule has 0 saturated heterocycles. The third-order valence-corrected chi connectivity index (χ3v) is 4.94. The van der Waals surface area contributed by atoms with Gasteiger partial charge in [-0.2, -0.15) is 12.6 Å². The van der Waals surface area contributed by atoms with E-state index in [1.807, 2.05) is 30.3 Å². The van der Waals surface area contributed by atoms with Crippen LogP contribution in [-0.2, 0) is 11.2 Å². The molecule has 0 aromatic heterocycles. The highest BCUT2D eigenvalue weighted by Crippen LogP contribution is 2.60. The summed E-state index contributed by atoms with van der Waals surface area (Å²) >= 11 is 4.44. The van der Waals surface area contributed by atoms with E-state index < -0.39 is 0 Å². The van der Waals surface area contributed by atoms with E-state index >= 15 is 0 Å². The summed E-state index contributed by atoms with van der Waals surface area (Å²) in [5, 5.41) is 2.87. The minimum Gasteiger partial charge on any atom is -0.355 e. The van der Waals surface area contributed by atoms with Crippen LogP contribution in [0.1, 0.15) is 31.2 Å². The van der Waals surface area contributed by atoms with Crippen molar-refractivity contribution in [2.45, 2.75) is 37.4 Å². The summed E-state index contributed by atoms with van der Waals surface area (Å²) in [6.45, 7) is 0.863. The number of nitrogens with one attached hydrogen (secondary N) is 1. The number of rotatable bonds is 6. The van der Waals surface area contributed by atoms with Crippen LogP contribution in [0.4, 0.5) is 0 Å². The van der Waals surface area contributed by atoms with Crippen LogP contribution in [-0.4, -0.2) is 17.7 Å². The van der Waals surface area contributed by atoms with E-state index in [2.05, 4.69) is 17.9 Å². The summed E-state index contributed by atoms with van der Waals surface area (Å²) < 4.78 is 0. The molecule has 102 valence electrons. The second-order valence-electron chi connectivity index (χ2n) is 6.06. The minimum absolute atomic E-state index is 0.0825. The number of hydrogen-bond acceptors (Lipinski definition) is 2. The Morgan fingerprint density at radius 1 is 1.32 bits per heavy atom. The van der Waals surface area contributed by atoms with Crippen LogP contribution >= 0.6 is 12.6 Å². The first-order valence-electron chi connectivity index (χ1n) is 7.19. The lowest BCUT2D eigenvalue weighted by molar-refractivity contribution is -0.120. The van der Waals surface area contributed by atoms with Gasteiger partial charge in [0.25, 0.3) is 0 Å². The van der Waals surface area contributed by atoms with E-state index in [1.54, 1.807) is 0 Å². The molecule has 1 aromatic carbocycles. The highest BCUT2D eigenvalue weighted by atomic mass is 32.1. The van der Waals surface area contributed by atoms with Gasteiger partial charge in [-0.3, -0.25) is 4.79 Å². The molecule has 19 heavy (non-hydrogen) atoms. The molecule has 1 amide bonds. The van der Waals surface area contributed by atoms with E-state index in [-0.39, 0.29) is 11.2 Å². The van der Waals surface area contributed by atoms with E-state index in [9.17, 15) is 4.79 Å². The monoisotopic (exact) mass is 275 g/mol. The molecular weight excluding hydrogens is 254 g/mol. The van der Waals surface area contributed by atoms with Crippen molar-refractivity contribution in [3.8, 4) is 0 Å². The van der Waals surface area contributed by atoms with Gasteiger partial charge in [0.05, 0.1) is 5.25 Å². The summed E-state index contributed by atoms with van der Waals surface area (Å²) in [5.41, 5.74) is 1.64. The highest BCUT2D eigenvalue weighted by molar-refractivity contribution is 7.81. The van der Waals surface area contributed by atoms with Gasteiger partial charge < -0.3 is 5.32 Å². The fraction of sp³-hybridized carbons (Fsp3) is 0.562. The second-order valence-corrected chi connectivity index (χ2v) is 6.68. The molecule has 0 bridgehead atoms. The fourth-order valence-electron chi connectivity index (χ4n) is 2.90. The maximum Gasteiger partial charge on any atom is 0.233 e. The van der Waals surface area contributed by atoms with Gasteiger partial charge in [0, 0.05) is 6.54 Å². The van der Waals surface area contributed by atoms with Crippen LogP contribution < -0.4 is 5.32 Å². The van der Waals surface area contributed by atoms with Crippen molar-refractivity contribution >= 4 is 18.5 Å². The van der Waals surface area contributed by atoms with Crippen molar-refractivity contribution in [3.63, 3.8) is 0 Å². The molecule has 0 spiro atoms. The van der Waals surface area contributed by atoms with E-state index in [0.29, 0.717) is 11.8 Å². The van der Waals surface area contributed by atoms with Gasteiger partial charge in [-0.15, -0.1) is 0 Å². The quantitative estimate of drug-likeness (QED) is 0.768. The zero-order valence-corrected chi connectivity index (χ0v) is 12.0. The molecule has 1 unspecified atom stereocenters. The number of carbonyl (C=O) groups excluding carboxylic acids is 1. The van der Waals surface area contributed by atoms with Gasteiger partial charge >= 0.3 is 0 Å².